The first-order valence-electron chi connectivity index (χ1n) is 5.54. The second-order valence-corrected chi connectivity index (χ2v) is 5.36. The number of nitrogens with two attached hydrogens (primary N) is 1. The van der Waals surface area contributed by atoms with Gasteiger partial charge in [0.15, 0.2) is 0 Å². The van der Waals surface area contributed by atoms with Gasteiger partial charge >= 0.3 is 0 Å². The quantitative estimate of drug-likeness (QED) is 0.869. The summed E-state index contributed by atoms with van der Waals surface area (Å²) in [5.74, 6) is 1.37. The molecule has 0 amide bonds. The number of halogens is 2. The predicted molar refractivity (Wildman–Crippen MR) is 78.3 cm³/mol. The van der Waals surface area contributed by atoms with Crippen LogP contribution in [0.3, 0.4) is 0 Å². The highest BCUT2D eigenvalue weighted by Crippen LogP contribution is 2.31. The minimum atomic E-state index is -0.0377. The SMILES string of the molecule is CC(N)c1ccc(Oc2ccc(Br)cc2)c(Cl)c1. The summed E-state index contributed by atoms with van der Waals surface area (Å²) in [5, 5.41) is 0.563. The molecule has 2 rings (SSSR count). The molecule has 0 heterocycles. The van der Waals surface area contributed by atoms with Crippen molar-refractivity contribution in [2.45, 2.75) is 13.0 Å². The third kappa shape index (κ3) is 3.25. The summed E-state index contributed by atoms with van der Waals surface area (Å²) >= 11 is 9.54. The standard InChI is InChI=1S/C14H13BrClNO/c1-9(17)10-2-7-14(13(16)8-10)18-12-5-3-11(15)4-6-12/h2-9H,17H2,1H3. The lowest BCUT2D eigenvalue weighted by Crippen LogP contribution is -2.04. The monoisotopic (exact) mass is 325 g/mol. The molecule has 0 spiro atoms. The van der Waals surface area contributed by atoms with Crippen molar-refractivity contribution in [3.05, 3.63) is 57.5 Å². The van der Waals surface area contributed by atoms with E-state index in [2.05, 4.69) is 15.9 Å². The molecule has 0 aromatic heterocycles. The van der Waals surface area contributed by atoms with Crippen molar-refractivity contribution in [2.24, 2.45) is 5.73 Å². The van der Waals surface area contributed by atoms with Crippen molar-refractivity contribution < 1.29 is 4.74 Å². The summed E-state index contributed by atoms with van der Waals surface area (Å²) < 4.78 is 6.71. The summed E-state index contributed by atoms with van der Waals surface area (Å²) in [7, 11) is 0. The highest BCUT2D eigenvalue weighted by molar-refractivity contribution is 9.10. The fourth-order valence-corrected chi connectivity index (χ4v) is 2.00. The van der Waals surface area contributed by atoms with Gasteiger partial charge in [0.05, 0.1) is 5.02 Å². The number of hydrogen-bond donors (Lipinski definition) is 1. The molecule has 0 aliphatic heterocycles. The van der Waals surface area contributed by atoms with E-state index < -0.39 is 0 Å². The van der Waals surface area contributed by atoms with Gasteiger partial charge in [0.25, 0.3) is 0 Å². The van der Waals surface area contributed by atoms with Crippen LogP contribution in [0.4, 0.5) is 0 Å². The molecule has 4 heteroatoms. The Morgan fingerprint density at radius 2 is 1.83 bits per heavy atom. The van der Waals surface area contributed by atoms with Crippen LogP contribution in [-0.2, 0) is 0 Å². The number of ether oxygens (including phenoxy) is 1. The summed E-state index contributed by atoms with van der Waals surface area (Å²) in [6.07, 6.45) is 0. The molecule has 1 unspecified atom stereocenters. The van der Waals surface area contributed by atoms with E-state index in [4.69, 9.17) is 22.1 Å². The van der Waals surface area contributed by atoms with Crippen LogP contribution in [0.5, 0.6) is 11.5 Å². The van der Waals surface area contributed by atoms with E-state index in [1.165, 1.54) is 0 Å². The van der Waals surface area contributed by atoms with Gasteiger partial charge in [-0.25, -0.2) is 0 Å². The van der Waals surface area contributed by atoms with Crippen LogP contribution in [0, 0.1) is 0 Å². The molecular formula is C14H13BrClNO. The zero-order chi connectivity index (χ0) is 13.1. The third-order valence-corrected chi connectivity index (χ3v) is 3.35. The van der Waals surface area contributed by atoms with Crippen LogP contribution in [0.25, 0.3) is 0 Å². The lowest BCUT2D eigenvalue weighted by atomic mass is 10.1. The Kier molecular flexibility index (Phi) is 4.27. The van der Waals surface area contributed by atoms with Gasteiger partial charge in [0.1, 0.15) is 11.5 Å². The molecule has 2 aromatic rings. The zero-order valence-electron chi connectivity index (χ0n) is 9.86. The fraction of sp³-hybridized carbons (Fsp3) is 0.143. The highest BCUT2D eigenvalue weighted by atomic mass is 79.9. The molecular weight excluding hydrogens is 314 g/mol. The van der Waals surface area contributed by atoms with Gasteiger partial charge in [0, 0.05) is 10.5 Å². The van der Waals surface area contributed by atoms with E-state index in [-0.39, 0.29) is 6.04 Å². The molecule has 0 saturated carbocycles. The number of benzene rings is 2. The largest absolute Gasteiger partial charge is 0.456 e. The molecule has 0 aliphatic rings. The average molecular weight is 327 g/mol. The second-order valence-electron chi connectivity index (χ2n) is 4.03. The summed E-state index contributed by atoms with van der Waals surface area (Å²) in [4.78, 5) is 0. The van der Waals surface area contributed by atoms with Gasteiger partial charge in [-0.15, -0.1) is 0 Å². The first-order valence-corrected chi connectivity index (χ1v) is 6.72. The van der Waals surface area contributed by atoms with Crippen LogP contribution in [-0.4, -0.2) is 0 Å². The topological polar surface area (TPSA) is 35.2 Å². The van der Waals surface area contributed by atoms with Gasteiger partial charge in [-0.05, 0) is 48.9 Å². The van der Waals surface area contributed by atoms with E-state index in [9.17, 15) is 0 Å². The van der Waals surface area contributed by atoms with E-state index in [1.807, 2.05) is 49.4 Å². The van der Waals surface area contributed by atoms with Crippen molar-refractivity contribution in [2.75, 3.05) is 0 Å². The third-order valence-electron chi connectivity index (χ3n) is 2.52. The predicted octanol–water partition coefficient (Wildman–Crippen LogP) is 4.91. The molecule has 2 aromatic carbocycles. The maximum absolute atomic E-state index is 6.16. The van der Waals surface area contributed by atoms with Gasteiger partial charge < -0.3 is 10.5 Å². The second kappa shape index (κ2) is 5.74. The van der Waals surface area contributed by atoms with Crippen molar-refractivity contribution in [3.63, 3.8) is 0 Å². The molecule has 0 fully saturated rings. The molecule has 0 bridgehead atoms. The molecule has 18 heavy (non-hydrogen) atoms. The maximum Gasteiger partial charge on any atom is 0.146 e. The summed E-state index contributed by atoms with van der Waals surface area (Å²) in [6.45, 7) is 1.92. The Hall–Kier alpha value is -1.03. The maximum atomic E-state index is 6.16. The molecule has 2 N–H and O–H groups in total. The van der Waals surface area contributed by atoms with Crippen LogP contribution in [0.2, 0.25) is 5.02 Å². The Morgan fingerprint density at radius 3 is 2.39 bits per heavy atom. The van der Waals surface area contributed by atoms with Crippen LogP contribution >= 0.6 is 27.5 Å². The van der Waals surface area contributed by atoms with E-state index >= 15 is 0 Å². The molecule has 2 nitrogen and oxygen atoms in total. The normalized spacial score (nSPS) is 12.2. The summed E-state index contributed by atoms with van der Waals surface area (Å²) in [6, 6.07) is 13.1. The van der Waals surface area contributed by atoms with E-state index in [0.29, 0.717) is 10.8 Å². The van der Waals surface area contributed by atoms with Crippen molar-refractivity contribution >= 4 is 27.5 Å². The molecule has 1 atom stereocenters. The molecule has 0 aliphatic carbocycles. The Balaban J connectivity index is 2.22. The molecule has 0 radical (unpaired) electrons. The number of rotatable bonds is 3. The lowest BCUT2D eigenvalue weighted by molar-refractivity contribution is 0.482. The van der Waals surface area contributed by atoms with Crippen LogP contribution < -0.4 is 10.5 Å². The first kappa shape index (κ1) is 13.4. The molecule has 94 valence electrons. The fourth-order valence-electron chi connectivity index (χ4n) is 1.51. The Labute approximate surface area is 120 Å². The smallest absolute Gasteiger partial charge is 0.146 e. The van der Waals surface area contributed by atoms with E-state index in [0.717, 1.165) is 15.8 Å². The minimum absolute atomic E-state index is 0.0377. The van der Waals surface area contributed by atoms with Gasteiger partial charge in [0.2, 0.25) is 0 Å². The van der Waals surface area contributed by atoms with Gasteiger partial charge in [-0.3, -0.25) is 0 Å². The van der Waals surface area contributed by atoms with Gasteiger partial charge in [-0.2, -0.15) is 0 Å². The highest BCUT2D eigenvalue weighted by Gasteiger charge is 2.06. The van der Waals surface area contributed by atoms with Crippen LogP contribution in [0.15, 0.2) is 46.9 Å². The number of hydrogen-bond acceptors (Lipinski definition) is 2. The van der Waals surface area contributed by atoms with Gasteiger partial charge in [-0.1, -0.05) is 33.6 Å². The zero-order valence-corrected chi connectivity index (χ0v) is 12.2. The Morgan fingerprint density at radius 1 is 1.17 bits per heavy atom. The van der Waals surface area contributed by atoms with Crippen LogP contribution in [0.1, 0.15) is 18.5 Å². The van der Waals surface area contributed by atoms with Crippen molar-refractivity contribution in [1.29, 1.82) is 0 Å². The van der Waals surface area contributed by atoms with Crippen molar-refractivity contribution in [3.8, 4) is 11.5 Å². The minimum Gasteiger partial charge on any atom is -0.456 e. The Bertz CT molecular complexity index is 540. The molecule has 0 saturated heterocycles. The van der Waals surface area contributed by atoms with E-state index in [1.54, 1.807) is 0 Å². The lowest BCUT2D eigenvalue weighted by Gasteiger charge is -2.11. The summed E-state index contributed by atoms with van der Waals surface area (Å²) in [5.41, 5.74) is 6.79. The average Bonchev–Trinajstić information content (AvgIpc) is 2.34. The van der Waals surface area contributed by atoms with Crippen molar-refractivity contribution in [1.82, 2.24) is 0 Å². The first-order chi connectivity index (χ1) is 8.56.